The van der Waals surface area contributed by atoms with Gasteiger partial charge in [-0.1, -0.05) is 6.07 Å². The van der Waals surface area contributed by atoms with Gasteiger partial charge in [-0.25, -0.2) is 0 Å². The molecule has 2 rings (SSSR count). The molecule has 94 valence electrons. The van der Waals surface area contributed by atoms with Gasteiger partial charge >= 0.3 is 0 Å². The molecular formula is C12H5Br5O. The lowest BCUT2D eigenvalue weighted by Crippen LogP contribution is -1.88. The van der Waals surface area contributed by atoms with Crippen LogP contribution in [-0.4, -0.2) is 0 Å². The highest BCUT2D eigenvalue weighted by atomic mass is 79.9. The molecule has 0 N–H and O–H groups in total. The van der Waals surface area contributed by atoms with Gasteiger partial charge < -0.3 is 4.74 Å². The van der Waals surface area contributed by atoms with Crippen LogP contribution >= 0.6 is 79.6 Å². The van der Waals surface area contributed by atoms with Crippen molar-refractivity contribution in [2.24, 2.45) is 0 Å². The molecule has 6 heteroatoms. The van der Waals surface area contributed by atoms with Gasteiger partial charge in [-0.05, 0) is 104 Å². The van der Waals surface area contributed by atoms with Gasteiger partial charge in [0.15, 0.2) is 0 Å². The molecule has 0 aliphatic carbocycles. The van der Waals surface area contributed by atoms with Gasteiger partial charge in [-0.15, -0.1) is 0 Å². The van der Waals surface area contributed by atoms with Crippen molar-refractivity contribution in [3.63, 3.8) is 0 Å². The van der Waals surface area contributed by atoms with E-state index in [4.69, 9.17) is 4.74 Å². The summed E-state index contributed by atoms with van der Waals surface area (Å²) in [6.07, 6.45) is 0. The predicted molar refractivity (Wildman–Crippen MR) is 91.5 cm³/mol. The summed E-state index contributed by atoms with van der Waals surface area (Å²) in [5.74, 6) is 1.49. The van der Waals surface area contributed by atoms with E-state index in [1.165, 1.54) is 0 Å². The topological polar surface area (TPSA) is 9.23 Å². The fourth-order valence-corrected chi connectivity index (χ4v) is 3.31. The van der Waals surface area contributed by atoms with Crippen molar-refractivity contribution in [2.45, 2.75) is 0 Å². The molecule has 0 bridgehead atoms. The molecule has 0 fully saturated rings. The molecule has 0 heterocycles. The molecule has 0 saturated heterocycles. The Morgan fingerprint density at radius 2 is 1.22 bits per heavy atom. The SMILES string of the molecule is Brc1cccc(Oc2ccc(Br)c(Br)c2Br)c1Br. The van der Waals surface area contributed by atoms with Crippen LogP contribution in [0.15, 0.2) is 52.7 Å². The van der Waals surface area contributed by atoms with E-state index >= 15 is 0 Å². The lowest BCUT2D eigenvalue weighted by atomic mass is 10.3. The van der Waals surface area contributed by atoms with Crippen molar-refractivity contribution < 1.29 is 4.74 Å². The van der Waals surface area contributed by atoms with Crippen molar-refractivity contribution in [2.75, 3.05) is 0 Å². The molecule has 0 aromatic heterocycles. The summed E-state index contributed by atoms with van der Waals surface area (Å²) >= 11 is 17.4. The number of benzene rings is 2. The van der Waals surface area contributed by atoms with Gasteiger partial charge in [0, 0.05) is 13.4 Å². The molecule has 18 heavy (non-hydrogen) atoms. The van der Waals surface area contributed by atoms with E-state index in [1.807, 2.05) is 30.3 Å². The van der Waals surface area contributed by atoms with Gasteiger partial charge in [0.05, 0.1) is 8.95 Å². The Bertz CT molecular complexity index is 597. The first-order chi connectivity index (χ1) is 8.50. The minimum absolute atomic E-state index is 0.740. The average molecular weight is 565 g/mol. The summed E-state index contributed by atoms with van der Waals surface area (Å²) < 4.78 is 10.5. The predicted octanol–water partition coefficient (Wildman–Crippen LogP) is 7.29. The van der Waals surface area contributed by atoms with Crippen LogP contribution in [0.1, 0.15) is 0 Å². The normalized spacial score (nSPS) is 10.5. The van der Waals surface area contributed by atoms with Crippen LogP contribution in [0.2, 0.25) is 0 Å². The van der Waals surface area contributed by atoms with Crippen LogP contribution in [0.5, 0.6) is 11.5 Å². The van der Waals surface area contributed by atoms with E-state index in [9.17, 15) is 0 Å². The van der Waals surface area contributed by atoms with Crippen LogP contribution in [0.25, 0.3) is 0 Å². The molecular weight excluding hydrogens is 560 g/mol. The highest BCUT2D eigenvalue weighted by molar-refractivity contribution is 9.14. The number of hydrogen-bond acceptors (Lipinski definition) is 1. The Balaban J connectivity index is 2.41. The van der Waals surface area contributed by atoms with Crippen LogP contribution < -0.4 is 4.74 Å². The molecule has 0 aliphatic heterocycles. The monoisotopic (exact) mass is 560 g/mol. The third kappa shape index (κ3) is 3.20. The van der Waals surface area contributed by atoms with Crippen molar-refractivity contribution in [3.05, 3.63) is 52.7 Å². The maximum atomic E-state index is 5.88. The molecule has 1 nitrogen and oxygen atoms in total. The average Bonchev–Trinajstić information content (AvgIpc) is 2.35. The summed E-state index contributed by atoms with van der Waals surface area (Å²) in [6.45, 7) is 0. The van der Waals surface area contributed by atoms with Crippen molar-refractivity contribution in [1.29, 1.82) is 0 Å². The second-order valence-electron chi connectivity index (χ2n) is 3.33. The zero-order valence-electron chi connectivity index (χ0n) is 8.68. The van der Waals surface area contributed by atoms with Gasteiger partial charge in [-0.3, -0.25) is 0 Å². The number of halogens is 5. The zero-order valence-corrected chi connectivity index (χ0v) is 16.6. The van der Waals surface area contributed by atoms with Crippen LogP contribution in [-0.2, 0) is 0 Å². The van der Waals surface area contributed by atoms with E-state index in [0.717, 1.165) is 33.9 Å². The number of hydrogen-bond donors (Lipinski definition) is 0. The number of rotatable bonds is 2. The third-order valence-corrected chi connectivity index (χ3v) is 7.48. The Morgan fingerprint density at radius 1 is 0.611 bits per heavy atom. The van der Waals surface area contributed by atoms with E-state index in [1.54, 1.807) is 0 Å². The maximum absolute atomic E-state index is 5.88. The fraction of sp³-hybridized carbons (Fsp3) is 0. The smallest absolute Gasteiger partial charge is 0.142 e. The largest absolute Gasteiger partial charge is 0.455 e. The van der Waals surface area contributed by atoms with E-state index < -0.39 is 0 Å². The molecule has 0 atom stereocenters. The number of ether oxygens (including phenoxy) is 1. The molecule has 0 radical (unpaired) electrons. The standard InChI is InChI=1S/C12H5Br5O/c13-6-2-1-3-8(10(6)15)18-9-5-4-7(14)11(16)12(9)17/h1-5H. The first-order valence-corrected chi connectivity index (χ1v) is 8.72. The van der Waals surface area contributed by atoms with Crippen LogP contribution in [0.4, 0.5) is 0 Å². The summed E-state index contributed by atoms with van der Waals surface area (Å²) in [5, 5.41) is 0. The quantitative estimate of drug-likeness (QED) is 0.348. The highest BCUT2D eigenvalue weighted by Gasteiger charge is 2.12. The Labute approximate surface area is 147 Å². The summed E-state index contributed by atoms with van der Waals surface area (Å²) in [6, 6.07) is 9.59. The Kier molecular flexibility index (Phi) is 5.34. The lowest BCUT2D eigenvalue weighted by Gasteiger charge is -2.11. The minimum Gasteiger partial charge on any atom is -0.455 e. The Hall–Kier alpha value is 0.640. The second kappa shape index (κ2) is 6.39. The van der Waals surface area contributed by atoms with Gasteiger partial charge in [0.1, 0.15) is 11.5 Å². The summed E-state index contributed by atoms with van der Waals surface area (Å²) in [7, 11) is 0. The molecule has 2 aromatic carbocycles. The van der Waals surface area contributed by atoms with Crippen molar-refractivity contribution in [3.8, 4) is 11.5 Å². The molecule has 0 aliphatic rings. The van der Waals surface area contributed by atoms with E-state index in [0.29, 0.717) is 0 Å². The summed E-state index contributed by atoms with van der Waals surface area (Å²) in [5.41, 5.74) is 0. The van der Waals surface area contributed by atoms with Gasteiger partial charge in [-0.2, -0.15) is 0 Å². The third-order valence-electron chi connectivity index (χ3n) is 2.14. The van der Waals surface area contributed by atoms with Crippen LogP contribution in [0, 0.1) is 0 Å². The molecule has 0 saturated carbocycles. The zero-order chi connectivity index (χ0) is 13.3. The van der Waals surface area contributed by atoms with E-state index in [-0.39, 0.29) is 0 Å². The fourth-order valence-electron chi connectivity index (χ4n) is 1.27. The molecule has 0 unspecified atom stereocenters. The van der Waals surface area contributed by atoms with Crippen molar-refractivity contribution in [1.82, 2.24) is 0 Å². The molecule has 0 amide bonds. The molecule has 0 spiro atoms. The Morgan fingerprint density at radius 3 is 1.94 bits per heavy atom. The molecule has 2 aromatic rings. The first kappa shape index (κ1) is 15.0. The second-order valence-corrected chi connectivity index (χ2v) is 7.42. The maximum Gasteiger partial charge on any atom is 0.142 e. The highest BCUT2D eigenvalue weighted by Crippen LogP contribution is 2.42. The first-order valence-electron chi connectivity index (χ1n) is 4.76. The minimum atomic E-state index is 0.740. The summed E-state index contributed by atoms with van der Waals surface area (Å²) in [4.78, 5) is 0. The van der Waals surface area contributed by atoms with E-state index in [2.05, 4.69) is 79.6 Å². The van der Waals surface area contributed by atoms with Crippen LogP contribution in [0.3, 0.4) is 0 Å². The van der Waals surface area contributed by atoms with Crippen molar-refractivity contribution >= 4 is 79.6 Å². The van der Waals surface area contributed by atoms with Gasteiger partial charge in [0.25, 0.3) is 0 Å². The lowest BCUT2D eigenvalue weighted by molar-refractivity contribution is 0.475. The van der Waals surface area contributed by atoms with Gasteiger partial charge in [0.2, 0.25) is 0 Å².